The lowest BCUT2D eigenvalue weighted by molar-refractivity contribution is -0.148. The molecule has 0 aromatic rings. The van der Waals surface area contributed by atoms with E-state index in [9.17, 15) is 4.79 Å². The molecule has 0 bridgehead atoms. The number of methoxy groups -OCH3 is 1. The third kappa shape index (κ3) is 4.25. The summed E-state index contributed by atoms with van der Waals surface area (Å²) in [6, 6.07) is 0.604. The average molecular weight is 256 g/mol. The van der Waals surface area contributed by atoms with Crippen LogP contribution in [0.3, 0.4) is 0 Å². The number of nitrogens with zero attached hydrogens (tertiary/aromatic N) is 2. The van der Waals surface area contributed by atoms with Crippen LogP contribution in [0, 0.1) is 11.8 Å². The summed E-state index contributed by atoms with van der Waals surface area (Å²) in [4.78, 5) is 16.5. The maximum Gasteiger partial charge on any atom is 0.310 e. The SMILES string of the molecule is COC(=O)C(CN(C)C1CCN(C)CC1)C(C)C. The summed E-state index contributed by atoms with van der Waals surface area (Å²) >= 11 is 0. The van der Waals surface area contributed by atoms with Crippen LogP contribution in [-0.2, 0) is 9.53 Å². The minimum absolute atomic E-state index is 0.0142. The highest BCUT2D eigenvalue weighted by atomic mass is 16.5. The molecule has 4 heteroatoms. The molecule has 0 radical (unpaired) electrons. The first-order valence-corrected chi connectivity index (χ1v) is 6.92. The molecule has 1 saturated heterocycles. The van der Waals surface area contributed by atoms with E-state index in [0.29, 0.717) is 12.0 Å². The first-order chi connectivity index (χ1) is 8.45. The summed E-state index contributed by atoms with van der Waals surface area (Å²) in [7, 11) is 5.78. The number of esters is 1. The Kier molecular flexibility index (Phi) is 6.09. The van der Waals surface area contributed by atoms with Crippen LogP contribution in [-0.4, -0.2) is 62.7 Å². The first-order valence-electron chi connectivity index (χ1n) is 6.92. The van der Waals surface area contributed by atoms with Crippen LogP contribution < -0.4 is 0 Å². The van der Waals surface area contributed by atoms with Crippen LogP contribution >= 0.6 is 0 Å². The van der Waals surface area contributed by atoms with Gasteiger partial charge in [0.1, 0.15) is 0 Å². The molecule has 18 heavy (non-hydrogen) atoms. The number of hydrogen-bond donors (Lipinski definition) is 0. The van der Waals surface area contributed by atoms with Crippen molar-refractivity contribution < 1.29 is 9.53 Å². The lowest BCUT2D eigenvalue weighted by Gasteiger charge is -2.36. The number of hydrogen-bond acceptors (Lipinski definition) is 4. The van der Waals surface area contributed by atoms with Gasteiger partial charge < -0.3 is 14.5 Å². The van der Waals surface area contributed by atoms with E-state index in [1.54, 1.807) is 0 Å². The molecule has 1 aliphatic rings. The normalized spacial score (nSPS) is 20.4. The molecule has 0 amide bonds. The molecule has 0 aromatic heterocycles. The Hall–Kier alpha value is -0.610. The minimum atomic E-state index is -0.0789. The maximum absolute atomic E-state index is 11.8. The van der Waals surface area contributed by atoms with Gasteiger partial charge in [-0.05, 0) is 45.9 Å². The third-order valence-corrected chi connectivity index (χ3v) is 4.10. The van der Waals surface area contributed by atoms with E-state index in [2.05, 4.69) is 37.7 Å². The second kappa shape index (κ2) is 7.10. The lowest BCUT2D eigenvalue weighted by Crippen LogP contribution is -2.45. The second-order valence-corrected chi connectivity index (χ2v) is 5.85. The van der Waals surface area contributed by atoms with Crippen molar-refractivity contribution in [2.45, 2.75) is 32.7 Å². The lowest BCUT2D eigenvalue weighted by atomic mass is 9.94. The smallest absolute Gasteiger partial charge is 0.310 e. The van der Waals surface area contributed by atoms with Gasteiger partial charge in [-0.1, -0.05) is 13.8 Å². The fourth-order valence-corrected chi connectivity index (χ4v) is 2.60. The molecular weight excluding hydrogens is 228 g/mol. The van der Waals surface area contributed by atoms with Crippen molar-refractivity contribution >= 4 is 5.97 Å². The second-order valence-electron chi connectivity index (χ2n) is 5.85. The van der Waals surface area contributed by atoms with Crippen molar-refractivity contribution in [3.05, 3.63) is 0 Å². The average Bonchev–Trinajstić information content (AvgIpc) is 2.35. The van der Waals surface area contributed by atoms with Gasteiger partial charge in [0.05, 0.1) is 13.0 Å². The van der Waals surface area contributed by atoms with Crippen LogP contribution in [0.25, 0.3) is 0 Å². The molecule has 1 heterocycles. The van der Waals surface area contributed by atoms with Crippen LogP contribution in [0.2, 0.25) is 0 Å². The minimum Gasteiger partial charge on any atom is -0.469 e. The quantitative estimate of drug-likeness (QED) is 0.697. The molecule has 0 N–H and O–H groups in total. The maximum atomic E-state index is 11.8. The number of piperidine rings is 1. The van der Waals surface area contributed by atoms with E-state index in [0.717, 1.165) is 19.6 Å². The van der Waals surface area contributed by atoms with Gasteiger partial charge in [0.15, 0.2) is 0 Å². The number of likely N-dealkylation sites (tertiary alicyclic amines) is 1. The van der Waals surface area contributed by atoms with Crippen molar-refractivity contribution in [1.82, 2.24) is 9.80 Å². The highest BCUT2D eigenvalue weighted by molar-refractivity contribution is 5.72. The van der Waals surface area contributed by atoms with E-state index < -0.39 is 0 Å². The topological polar surface area (TPSA) is 32.8 Å². The molecule has 106 valence electrons. The number of carbonyl (C=O) groups excluding carboxylic acids is 1. The Bertz CT molecular complexity index is 261. The molecular formula is C14H28N2O2. The van der Waals surface area contributed by atoms with Gasteiger partial charge in [0.2, 0.25) is 0 Å². The van der Waals surface area contributed by atoms with E-state index >= 15 is 0 Å². The van der Waals surface area contributed by atoms with Crippen molar-refractivity contribution in [1.29, 1.82) is 0 Å². The largest absolute Gasteiger partial charge is 0.469 e. The third-order valence-electron chi connectivity index (χ3n) is 4.10. The van der Waals surface area contributed by atoms with Crippen molar-refractivity contribution in [2.75, 3.05) is 40.8 Å². The van der Waals surface area contributed by atoms with Crippen LogP contribution in [0.1, 0.15) is 26.7 Å². The molecule has 0 aromatic carbocycles. The van der Waals surface area contributed by atoms with E-state index in [-0.39, 0.29) is 11.9 Å². The highest BCUT2D eigenvalue weighted by Crippen LogP contribution is 2.19. The van der Waals surface area contributed by atoms with Crippen LogP contribution in [0.15, 0.2) is 0 Å². The summed E-state index contributed by atoms with van der Waals surface area (Å²) in [6.07, 6.45) is 2.39. The fourth-order valence-electron chi connectivity index (χ4n) is 2.60. The van der Waals surface area contributed by atoms with Gasteiger partial charge in [0.25, 0.3) is 0 Å². The number of rotatable bonds is 5. The van der Waals surface area contributed by atoms with Gasteiger partial charge in [-0.3, -0.25) is 4.79 Å². The Morgan fingerprint density at radius 3 is 2.39 bits per heavy atom. The monoisotopic (exact) mass is 256 g/mol. The molecule has 1 atom stereocenters. The standard InChI is InChI=1S/C14H28N2O2/c1-11(2)13(14(17)18-5)10-16(4)12-6-8-15(3)9-7-12/h11-13H,6-10H2,1-5H3. The van der Waals surface area contributed by atoms with Crippen molar-refractivity contribution in [3.8, 4) is 0 Å². The molecule has 1 fully saturated rings. The van der Waals surface area contributed by atoms with Gasteiger partial charge in [-0.15, -0.1) is 0 Å². The summed E-state index contributed by atoms with van der Waals surface area (Å²) in [5.41, 5.74) is 0. The highest BCUT2D eigenvalue weighted by Gasteiger charge is 2.28. The molecule has 1 unspecified atom stereocenters. The Balaban J connectivity index is 2.50. The predicted molar refractivity (Wildman–Crippen MR) is 73.5 cm³/mol. The first kappa shape index (κ1) is 15.4. The predicted octanol–water partition coefficient (Wildman–Crippen LogP) is 1.46. The summed E-state index contributed by atoms with van der Waals surface area (Å²) < 4.78 is 4.91. The van der Waals surface area contributed by atoms with E-state index in [4.69, 9.17) is 4.74 Å². The zero-order valence-corrected chi connectivity index (χ0v) is 12.5. The molecule has 4 nitrogen and oxygen atoms in total. The van der Waals surface area contributed by atoms with Crippen molar-refractivity contribution in [2.24, 2.45) is 11.8 Å². The van der Waals surface area contributed by atoms with Gasteiger partial charge in [-0.25, -0.2) is 0 Å². The Morgan fingerprint density at radius 1 is 1.39 bits per heavy atom. The summed E-state index contributed by atoms with van der Waals surface area (Å²) in [5.74, 6) is 0.232. The van der Waals surface area contributed by atoms with E-state index in [1.165, 1.54) is 20.0 Å². The Labute approximate surface area is 111 Å². The van der Waals surface area contributed by atoms with Gasteiger partial charge in [-0.2, -0.15) is 0 Å². The summed E-state index contributed by atoms with van der Waals surface area (Å²) in [5, 5.41) is 0. The van der Waals surface area contributed by atoms with Crippen molar-refractivity contribution in [3.63, 3.8) is 0 Å². The van der Waals surface area contributed by atoms with Crippen LogP contribution in [0.5, 0.6) is 0 Å². The molecule has 0 aliphatic carbocycles. The summed E-state index contributed by atoms with van der Waals surface area (Å²) in [6.45, 7) is 7.28. The zero-order valence-electron chi connectivity index (χ0n) is 12.5. The van der Waals surface area contributed by atoms with Gasteiger partial charge in [0, 0.05) is 12.6 Å². The number of carbonyl (C=O) groups is 1. The fraction of sp³-hybridized carbons (Fsp3) is 0.929. The van der Waals surface area contributed by atoms with Crippen LogP contribution in [0.4, 0.5) is 0 Å². The molecule has 1 aliphatic heterocycles. The van der Waals surface area contributed by atoms with E-state index in [1.807, 2.05) is 0 Å². The molecule has 0 spiro atoms. The zero-order chi connectivity index (χ0) is 13.7. The number of ether oxygens (including phenoxy) is 1. The Morgan fingerprint density at radius 2 is 1.94 bits per heavy atom. The molecule has 1 rings (SSSR count). The molecule has 0 saturated carbocycles. The van der Waals surface area contributed by atoms with Gasteiger partial charge >= 0.3 is 5.97 Å².